The second kappa shape index (κ2) is 6.21. The first-order chi connectivity index (χ1) is 9.10. The van der Waals surface area contributed by atoms with Gasteiger partial charge in [0.2, 0.25) is 5.91 Å². The molecule has 2 aromatic rings. The number of rotatable bonds is 4. The van der Waals surface area contributed by atoms with Crippen molar-refractivity contribution in [1.82, 2.24) is 9.88 Å². The Morgan fingerprint density at radius 2 is 2.00 bits per heavy atom. The van der Waals surface area contributed by atoms with Crippen LogP contribution in [0.2, 0.25) is 0 Å². The summed E-state index contributed by atoms with van der Waals surface area (Å²) in [6, 6.07) is 8.31. The van der Waals surface area contributed by atoms with E-state index >= 15 is 0 Å². The van der Waals surface area contributed by atoms with Gasteiger partial charge in [0.15, 0.2) is 0 Å². The standard InChI is InChI=1S/C14H16N2OS2/c1-16(2)14(17)8-13-15-12(9-19-13)10-4-6-11(18-3)7-5-10/h4-7,9H,8H2,1-3H3. The van der Waals surface area contributed by atoms with Crippen LogP contribution in [0.5, 0.6) is 0 Å². The van der Waals surface area contributed by atoms with Crippen molar-refractivity contribution in [2.24, 2.45) is 0 Å². The number of aromatic nitrogens is 1. The maximum atomic E-state index is 11.6. The molecule has 0 N–H and O–H groups in total. The fraction of sp³-hybridized carbons (Fsp3) is 0.286. The highest BCUT2D eigenvalue weighted by molar-refractivity contribution is 7.98. The summed E-state index contributed by atoms with van der Waals surface area (Å²) in [6.45, 7) is 0. The van der Waals surface area contributed by atoms with Crippen molar-refractivity contribution in [2.45, 2.75) is 11.3 Å². The second-order valence-electron chi connectivity index (χ2n) is 4.32. The SMILES string of the molecule is CSc1ccc(-c2csc(CC(=O)N(C)C)n2)cc1. The van der Waals surface area contributed by atoms with Gasteiger partial charge in [-0.25, -0.2) is 4.98 Å². The molecule has 0 aliphatic heterocycles. The van der Waals surface area contributed by atoms with Gasteiger partial charge in [-0.05, 0) is 18.4 Å². The largest absolute Gasteiger partial charge is 0.348 e. The van der Waals surface area contributed by atoms with Crippen molar-refractivity contribution in [2.75, 3.05) is 20.4 Å². The molecule has 0 saturated heterocycles. The van der Waals surface area contributed by atoms with Crippen LogP contribution < -0.4 is 0 Å². The van der Waals surface area contributed by atoms with Crippen molar-refractivity contribution in [1.29, 1.82) is 0 Å². The van der Waals surface area contributed by atoms with Crippen molar-refractivity contribution >= 4 is 29.0 Å². The van der Waals surface area contributed by atoms with Crippen LogP contribution in [0.25, 0.3) is 11.3 Å². The summed E-state index contributed by atoms with van der Waals surface area (Å²) < 4.78 is 0. The van der Waals surface area contributed by atoms with Crippen LogP contribution >= 0.6 is 23.1 Å². The maximum Gasteiger partial charge on any atom is 0.228 e. The number of carbonyl (C=O) groups excluding carboxylic acids is 1. The van der Waals surface area contributed by atoms with Crippen LogP contribution in [-0.2, 0) is 11.2 Å². The number of thioether (sulfide) groups is 1. The molecule has 5 heteroatoms. The normalized spacial score (nSPS) is 10.5. The Morgan fingerprint density at radius 3 is 2.58 bits per heavy atom. The van der Waals surface area contributed by atoms with E-state index in [0.29, 0.717) is 6.42 Å². The molecule has 0 radical (unpaired) electrons. The van der Waals surface area contributed by atoms with Crippen molar-refractivity contribution in [3.8, 4) is 11.3 Å². The zero-order chi connectivity index (χ0) is 13.8. The molecule has 3 nitrogen and oxygen atoms in total. The van der Waals surface area contributed by atoms with Crippen LogP contribution in [0.4, 0.5) is 0 Å². The predicted molar refractivity (Wildman–Crippen MR) is 81.7 cm³/mol. The van der Waals surface area contributed by atoms with Crippen LogP contribution in [-0.4, -0.2) is 36.1 Å². The van der Waals surface area contributed by atoms with E-state index in [1.165, 1.54) is 16.2 Å². The minimum Gasteiger partial charge on any atom is -0.348 e. The molecule has 1 aromatic heterocycles. The summed E-state index contributed by atoms with van der Waals surface area (Å²) in [6.07, 6.45) is 2.43. The Morgan fingerprint density at radius 1 is 1.32 bits per heavy atom. The minimum atomic E-state index is 0.0821. The van der Waals surface area contributed by atoms with Gasteiger partial charge in [-0.3, -0.25) is 4.79 Å². The number of thiazole rings is 1. The quantitative estimate of drug-likeness (QED) is 0.812. The molecule has 19 heavy (non-hydrogen) atoms. The number of hydrogen-bond donors (Lipinski definition) is 0. The molecule has 1 aromatic carbocycles. The first-order valence-electron chi connectivity index (χ1n) is 5.89. The van der Waals surface area contributed by atoms with Gasteiger partial charge in [0.05, 0.1) is 12.1 Å². The molecular formula is C14H16N2OS2. The zero-order valence-corrected chi connectivity index (χ0v) is 12.8. The smallest absolute Gasteiger partial charge is 0.228 e. The van der Waals surface area contributed by atoms with Crippen molar-refractivity contribution in [3.05, 3.63) is 34.7 Å². The van der Waals surface area contributed by atoms with E-state index in [-0.39, 0.29) is 5.91 Å². The minimum absolute atomic E-state index is 0.0821. The molecule has 0 spiro atoms. The van der Waals surface area contributed by atoms with E-state index in [2.05, 4.69) is 35.5 Å². The monoisotopic (exact) mass is 292 g/mol. The molecule has 1 heterocycles. The van der Waals surface area contributed by atoms with E-state index < -0.39 is 0 Å². The zero-order valence-electron chi connectivity index (χ0n) is 11.2. The van der Waals surface area contributed by atoms with Crippen LogP contribution in [0.15, 0.2) is 34.5 Å². The summed E-state index contributed by atoms with van der Waals surface area (Å²) in [5.74, 6) is 0.0821. The summed E-state index contributed by atoms with van der Waals surface area (Å²) in [7, 11) is 3.52. The molecule has 0 atom stereocenters. The topological polar surface area (TPSA) is 33.2 Å². The molecule has 0 bridgehead atoms. The summed E-state index contributed by atoms with van der Waals surface area (Å²) in [5, 5.41) is 2.87. The number of nitrogens with zero attached hydrogens (tertiary/aromatic N) is 2. The van der Waals surface area contributed by atoms with Crippen molar-refractivity contribution in [3.63, 3.8) is 0 Å². The highest BCUT2D eigenvalue weighted by Gasteiger charge is 2.10. The number of likely N-dealkylation sites (N-methyl/N-ethyl adjacent to an activating group) is 1. The third kappa shape index (κ3) is 3.58. The van der Waals surface area contributed by atoms with Gasteiger partial charge in [-0.15, -0.1) is 23.1 Å². The van der Waals surface area contributed by atoms with Gasteiger partial charge >= 0.3 is 0 Å². The van der Waals surface area contributed by atoms with Crippen molar-refractivity contribution < 1.29 is 4.79 Å². The molecular weight excluding hydrogens is 276 g/mol. The lowest BCUT2D eigenvalue weighted by Crippen LogP contribution is -2.23. The first kappa shape index (κ1) is 14.1. The predicted octanol–water partition coefficient (Wildman–Crippen LogP) is 3.16. The Hall–Kier alpha value is -1.33. The first-order valence-corrected chi connectivity index (χ1v) is 7.99. The van der Waals surface area contributed by atoms with Crippen LogP contribution in [0, 0.1) is 0 Å². The summed E-state index contributed by atoms with van der Waals surface area (Å²) in [5.41, 5.74) is 2.04. The van der Waals surface area contributed by atoms with Gasteiger partial charge < -0.3 is 4.90 Å². The lowest BCUT2D eigenvalue weighted by atomic mass is 10.2. The fourth-order valence-corrected chi connectivity index (χ4v) is 2.78. The average molecular weight is 292 g/mol. The van der Waals surface area contributed by atoms with Gasteiger partial charge in [0, 0.05) is 29.9 Å². The Labute approximate surface area is 121 Å². The number of amides is 1. The number of benzene rings is 1. The fourth-order valence-electron chi connectivity index (χ4n) is 1.57. The molecule has 0 unspecified atom stereocenters. The molecule has 0 aliphatic rings. The molecule has 2 rings (SSSR count). The van der Waals surface area contributed by atoms with E-state index in [0.717, 1.165) is 16.3 Å². The van der Waals surface area contributed by atoms with Gasteiger partial charge in [0.1, 0.15) is 5.01 Å². The van der Waals surface area contributed by atoms with Gasteiger partial charge in [0.25, 0.3) is 0 Å². The third-order valence-electron chi connectivity index (χ3n) is 2.74. The van der Waals surface area contributed by atoms with Crippen LogP contribution in [0.3, 0.4) is 0 Å². The molecule has 1 amide bonds. The van der Waals surface area contributed by atoms with E-state index in [1.807, 2.05) is 5.38 Å². The highest BCUT2D eigenvalue weighted by Crippen LogP contribution is 2.24. The van der Waals surface area contributed by atoms with Gasteiger partial charge in [-0.1, -0.05) is 12.1 Å². The van der Waals surface area contributed by atoms with Crippen LogP contribution in [0.1, 0.15) is 5.01 Å². The molecule has 100 valence electrons. The Balaban J connectivity index is 2.13. The lowest BCUT2D eigenvalue weighted by Gasteiger charge is -2.07. The molecule has 0 aliphatic carbocycles. The molecule has 0 fully saturated rings. The Bertz CT molecular complexity index is 561. The lowest BCUT2D eigenvalue weighted by molar-refractivity contribution is -0.127. The third-order valence-corrected chi connectivity index (χ3v) is 4.33. The Kier molecular flexibility index (Phi) is 4.61. The second-order valence-corrected chi connectivity index (χ2v) is 6.14. The maximum absolute atomic E-state index is 11.6. The van der Waals surface area contributed by atoms with E-state index in [9.17, 15) is 4.79 Å². The van der Waals surface area contributed by atoms with E-state index in [4.69, 9.17) is 0 Å². The number of hydrogen-bond acceptors (Lipinski definition) is 4. The highest BCUT2D eigenvalue weighted by atomic mass is 32.2. The summed E-state index contributed by atoms with van der Waals surface area (Å²) >= 11 is 3.26. The molecule has 0 saturated carbocycles. The van der Waals surface area contributed by atoms with Gasteiger partial charge in [-0.2, -0.15) is 0 Å². The van der Waals surface area contributed by atoms with E-state index in [1.54, 1.807) is 30.8 Å². The number of carbonyl (C=O) groups is 1. The average Bonchev–Trinajstić information content (AvgIpc) is 2.87. The summed E-state index contributed by atoms with van der Waals surface area (Å²) in [4.78, 5) is 19.0.